The maximum Gasteiger partial charge on any atom is 0.128 e. The van der Waals surface area contributed by atoms with Gasteiger partial charge in [-0.15, -0.1) is 0 Å². The van der Waals surface area contributed by atoms with E-state index in [-0.39, 0.29) is 10.8 Å². The Bertz CT molecular complexity index is 3970. The Morgan fingerprint density at radius 2 is 0.500 bits per heavy atom. The molecule has 400 valence electrons. The van der Waals surface area contributed by atoms with Crippen LogP contribution in [0.4, 0.5) is 0 Å². The van der Waals surface area contributed by atoms with Crippen LogP contribution in [0.1, 0.15) is 97.9 Å². The second-order valence-corrected chi connectivity index (χ2v) is 22.9. The molecule has 0 radical (unpaired) electrons. The highest BCUT2D eigenvalue weighted by Crippen LogP contribution is 2.56. The summed E-state index contributed by atoms with van der Waals surface area (Å²) in [6, 6.07) is 80.2. The van der Waals surface area contributed by atoms with E-state index in [1.54, 1.807) is 0 Å². The molecule has 0 saturated heterocycles. The molecular formula is C78H64O4. The van der Waals surface area contributed by atoms with Crippen LogP contribution in [0.3, 0.4) is 0 Å². The zero-order valence-corrected chi connectivity index (χ0v) is 47.1. The average Bonchev–Trinajstić information content (AvgIpc) is 3.21. The highest BCUT2D eigenvalue weighted by molar-refractivity contribution is 6.11. The van der Waals surface area contributed by atoms with Gasteiger partial charge in [-0.3, -0.25) is 0 Å². The quantitative estimate of drug-likeness (QED) is 0.176. The molecule has 2 aliphatic carbocycles. The minimum Gasteiger partial charge on any atom is -0.488 e. The van der Waals surface area contributed by atoms with Crippen molar-refractivity contribution in [3.8, 4) is 67.5 Å². The summed E-state index contributed by atoms with van der Waals surface area (Å²) in [4.78, 5) is 0. The Morgan fingerprint density at radius 3 is 0.732 bits per heavy atom. The van der Waals surface area contributed by atoms with Crippen LogP contribution >= 0.6 is 0 Å². The lowest BCUT2D eigenvalue weighted by Gasteiger charge is -2.30. The third kappa shape index (κ3) is 7.78. The smallest absolute Gasteiger partial charge is 0.128 e. The van der Waals surface area contributed by atoms with Crippen molar-refractivity contribution < 1.29 is 18.9 Å². The molecule has 0 fully saturated rings. The molecule has 1 heterocycles. The Balaban J connectivity index is 0.901. The normalized spacial score (nSPS) is 14.7. The number of fused-ring (bicyclic) bond motifs is 20. The summed E-state index contributed by atoms with van der Waals surface area (Å²) in [5, 5.41) is 9.09. The fourth-order valence-electron chi connectivity index (χ4n) is 14.7. The molecule has 0 unspecified atom stereocenters. The molecule has 12 aromatic rings. The van der Waals surface area contributed by atoms with Gasteiger partial charge in [-0.25, -0.2) is 0 Å². The number of ether oxygens (including phenoxy) is 4. The van der Waals surface area contributed by atoms with E-state index >= 15 is 0 Å². The lowest BCUT2D eigenvalue weighted by atomic mass is 9.73. The molecule has 15 rings (SSSR count). The van der Waals surface area contributed by atoms with Crippen molar-refractivity contribution in [1.29, 1.82) is 0 Å². The van der Waals surface area contributed by atoms with Gasteiger partial charge in [-0.2, -0.15) is 0 Å². The van der Waals surface area contributed by atoms with Crippen molar-refractivity contribution in [3.05, 3.63) is 263 Å². The molecule has 0 amide bonds. The highest BCUT2D eigenvalue weighted by atomic mass is 16.5. The topological polar surface area (TPSA) is 36.9 Å². The van der Waals surface area contributed by atoms with E-state index in [1.165, 1.54) is 44.5 Å². The molecule has 0 saturated carbocycles. The predicted molar refractivity (Wildman–Crippen MR) is 338 cm³/mol. The van der Waals surface area contributed by atoms with Crippen LogP contribution in [-0.4, -0.2) is 0 Å². The van der Waals surface area contributed by atoms with Gasteiger partial charge >= 0.3 is 0 Å². The maximum absolute atomic E-state index is 7.18. The number of hydrogen-bond acceptors (Lipinski definition) is 4. The maximum atomic E-state index is 7.18. The van der Waals surface area contributed by atoms with Gasteiger partial charge in [-0.1, -0.05) is 222 Å². The summed E-state index contributed by atoms with van der Waals surface area (Å²) < 4.78 is 28.7. The largest absolute Gasteiger partial charge is 0.488 e. The van der Waals surface area contributed by atoms with Gasteiger partial charge in [0, 0.05) is 33.1 Å². The molecule has 0 atom stereocenters. The molecule has 12 aromatic carbocycles. The van der Waals surface area contributed by atoms with E-state index < -0.39 is 0 Å². The Labute approximate surface area is 480 Å². The molecule has 4 heteroatoms. The lowest BCUT2D eigenvalue weighted by molar-refractivity contribution is 0.302. The zero-order valence-electron chi connectivity index (χ0n) is 47.1. The summed E-state index contributed by atoms with van der Waals surface area (Å²) in [6.45, 7) is 11.0. The summed E-state index contributed by atoms with van der Waals surface area (Å²) in [7, 11) is 0. The van der Waals surface area contributed by atoms with Crippen LogP contribution in [0.15, 0.2) is 218 Å². The minimum absolute atomic E-state index is 0.181. The molecule has 0 N–H and O–H groups in total. The molecule has 4 nitrogen and oxygen atoms in total. The van der Waals surface area contributed by atoms with E-state index in [2.05, 4.69) is 246 Å². The third-order valence-electron chi connectivity index (χ3n) is 19.0. The summed E-state index contributed by atoms with van der Waals surface area (Å²) in [6.07, 6.45) is 3.85. The second-order valence-electron chi connectivity index (χ2n) is 22.9. The Morgan fingerprint density at radius 1 is 0.268 bits per heavy atom. The van der Waals surface area contributed by atoms with Crippen LogP contribution in [0.2, 0.25) is 0 Å². The molecule has 3 aliphatic rings. The molecule has 8 bridgehead atoms. The van der Waals surface area contributed by atoms with E-state index in [4.69, 9.17) is 18.9 Å². The van der Waals surface area contributed by atoms with Crippen LogP contribution in [-0.2, 0) is 37.3 Å². The van der Waals surface area contributed by atoms with E-state index in [0.29, 0.717) is 26.4 Å². The fourth-order valence-corrected chi connectivity index (χ4v) is 14.7. The van der Waals surface area contributed by atoms with Gasteiger partial charge < -0.3 is 18.9 Å². The first-order chi connectivity index (χ1) is 40.4. The van der Waals surface area contributed by atoms with Crippen molar-refractivity contribution in [2.75, 3.05) is 0 Å². The number of benzene rings is 12. The molecule has 0 aromatic heterocycles. The first-order valence-electron chi connectivity index (χ1n) is 29.5. The fraction of sp³-hybridized carbons (Fsp3) is 0.179. The Hall–Kier alpha value is -9.12. The summed E-state index contributed by atoms with van der Waals surface area (Å²) in [5.74, 6) is 3.30. The summed E-state index contributed by atoms with van der Waals surface area (Å²) in [5.41, 5.74) is 19.0. The van der Waals surface area contributed by atoms with E-state index in [1.807, 2.05) is 0 Å². The Kier molecular flexibility index (Phi) is 12.1. The highest BCUT2D eigenvalue weighted by Gasteiger charge is 2.42. The van der Waals surface area contributed by atoms with E-state index in [0.717, 1.165) is 136 Å². The third-order valence-corrected chi connectivity index (χ3v) is 19.0. The van der Waals surface area contributed by atoms with Gasteiger partial charge in [-0.05, 0) is 160 Å². The summed E-state index contributed by atoms with van der Waals surface area (Å²) >= 11 is 0. The van der Waals surface area contributed by atoms with Gasteiger partial charge in [0.1, 0.15) is 49.4 Å². The monoisotopic (exact) mass is 1060 g/mol. The molecular weight excluding hydrogens is 1000 g/mol. The van der Waals surface area contributed by atoms with E-state index in [9.17, 15) is 0 Å². The van der Waals surface area contributed by atoms with Gasteiger partial charge in [0.15, 0.2) is 0 Å². The van der Waals surface area contributed by atoms with Crippen LogP contribution in [0.25, 0.3) is 87.6 Å². The van der Waals surface area contributed by atoms with Crippen molar-refractivity contribution in [3.63, 3.8) is 0 Å². The first kappa shape index (κ1) is 49.9. The standard InChI is InChI=1S/C78H64O4/c1-5-77(6-2)65-41-49-25-33-61(65)62-34-26-50(42-66(62)77)46-80-70-38-30-54-18-10-14-22-58(54)74(70)76-60-24-16-12-20-56(60)32-40-72(76)82-48-52-28-36-64-63-35-27-51(43-67(63)78(7-3,8-4)68(64)44-52)47-81-71-39-31-55-19-11-15-23-59(55)75(71)73-57-21-13-9-17-53(57)29-37-69(73)79-45-49/h9-44H,5-8,45-48H2,1-4H3. The van der Waals surface area contributed by atoms with Crippen molar-refractivity contribution in [1.82, 2.24) is 0 Å². The number of hydrogen-bond donors (Lipinski definition) is 0. The second kappa shape index (κ2) is 19.8. The van der Waals surface area contributed by atoms with Crippen LogP contribution in [0, 0.1) is 0 Å². The van der Waals surface area contributed by atoms with Crippen molar-refractivity contribution in [2.45, 2.75) is 90.6 Å². The van der Waals surface area contributed by atoms with Crippen LogP contribution in [0.5, 0.6) is 23.0 Å². The van der Waals surface area contributed by atoms with Crippen molar-refractivity contribution >= 4 is 43.1 Å². The number of rotatable bonds is 4. The first-order valence-corrected chi connectivity index (χ1v) is 29.5. The minimum atomic E-state index is -0.181. The molecule has 82 heavy (non-hydrogen) atoms. The van der Waals surface area contributed by atoms with Crippen LogP contribution < -0.4 is 18.9 Å². The predicted octanol–water partition coefficient (Wildman–Crippen LogP) is 20.4. The average molecular weight is 1070 g/mol. The van der Waals surface area contributed by atoms with Gasteiger partial charge in [0.05, 0.1) is 0 Å². The lowest BCUT2D eigenvalue weighted by Crippen LogP contribution is -2.23. The van der Waals surface area contributed by atoms with Crippen molar-refractivity contribution in [2.24, 2.45) is 0 Å². The van der Waals surface area contributed by atoms with Gasteiger partial charge in [0.25, 0.3) is 0 Å². The molecule has 1 aliphatic heterocycles. The van der Waals surface area contributed by atoms with Gasteiger partial charge in [0.2, 0.25) is 0 Å². The SMILES string of the molecule is CCC1(CC)c2cc3ccc2-c2ccc(cc21)COc1ccc2ccccc2c1-c1c(ccc2ccccc12)OCc1ccc2c(c1)C(CC)(CC)c1cc(ccc1-2)COc1ccc2ccccc2c1-c1c(ccc2ccccc12)OC3. The zero-order chi connectivity index (χ0) is 55.1. The molecule has 0 spiro atoms.